The average Bonchev–Trinajstić information content (AvgIpc) is 2.85. The summed E-state index contributed by atoms with van der Waals surface area (Å²) in [7, 11) is 0. The van der Waals surface area contributed by atoms with Gasteiger partial charge in [-0.25, -0.2) is 0 Å². The summed E-state index contributed by atoms with van der Waals surface area (Å²) in [6, 6.07) is 6.17. The topological polar surface area (TPSA) is 47.7 Å². The SMILES string of the molecule is Nc1cccc2c1N(CCOC1CCCCO1)CC2. The minimum Gasteiger partial charge on any atom is -0.397 e. The lowest BCUT2D eigenvalue weighted by atomic mass is 10.1. The Morgan fingerprint density at radius 2 is 2.32 bits per heavy atom. The Morgan fingerprint density at radius 1 is 1.37 bits per heavy atom. The Kier molecular flexibility index (Phi) is 3.89. The molecule has 1 aromatic carbocycles. The van der Waals surface area contributed by atoms with Crippen molar-refractivity contribution in [1.82, 2.24) is 0 Å². The van der Waals surface area contributed by atoms with E-state index in [0.29, 0.717) is 6.61 Å². The van der Waals surface area contributed by atoms with Crippen LogP contribution in [-0.2, 0) is 15.9 Å². The molecule has 2 aliphatic heterocycles. The maximum atomic E-state index is 6.07. The normalized spacial score (nSPS) is 22.5. The van der Waals surface area contributed by atoms with Crippen LogP contribution in [0.25, 0.3) is 0 Å². The monoisotopic (exact) mass is 262 g/mol. The Hall–Kier alpha value is -1.26. The third-order valence-corrected chi connectivity index (χ3v) is 3.92. The molecule has 0 saturated carbocycles. The first-order valence-corrected chi connectivity index (χ1v) is 7.20. The van der Waals surface area contributed by atoms with Gasteiger partial charge < -0.3 is 20.1 Å². The number of ether oxygens (including phenoxy) is 2. The Bertz CT molecular complexity index is 430. The van der Waals surface area contributed by atoms with E-state index in [1.807, 2.05) is 12.1 Å². The van der Waals surface area contributed by atoms with E-state index in [9.17, 15) is 0 Å². The Morgan fingerprint density at radius 3 is 3.16 bits per heavy atom. The number of nitrogens with two attached hydrogens (primary N) is 1. The lowest BCUT2D eigenvalue weighted by Crippen LogP contribution is -2.30. The highest BCUT2D eigenvalue weighted by Crippen LogP contribution is 2.33. The molecule has 0 bridgehead atoms. The zero-order chi connectivity index (χ0) is 13.1. The fourth-order valence-electron chi connectivity index (χ4n) is 2.93. The minimum atomic E-state index is 0.00365. The predicted molar refractivity (Wildman–Crippen MR) is 76.3 cm³/mol. The highest BCUT2D eigenvalue weighted by Gasteiger charge is 2.21. The van der Waals surface area contributed by atoms with Crippen LogP contribution in [0.3, 0.4) is 0 Å². The number of nitrogen functional groups attached to an aromatic ring is 1. The Balaban J connectivity index is 1.52. The molecule has 4 heteroatoms. The van der Waals surface area contributed by atoms with Crippen LogP contribution in [0.4, 0.5) is 11.4 Å². The van der Waals surface area contributed by atoms with Crippen molar-refractivity contribution in [3.63, 3.8) is 0 Å². The molecule has 0 radical (unpaired) electrons. The van der Waals surface area contributed by atoms with Gasteiger partial charge in [0.15, 0.2) is 6.29 Å². The van der Waals surface area contributed by atoms with E-state index in [0.717, 1.165) is 44.6 Å². The van der Waals surface area contributed by atoms with Crippen LogP contribution in [0.1, 0.15) is 24.8 Å². The number of benzene rings is 1. The van der Waals surface area contributed by atoms with Crippen molar-refractivity contribution < 1.29 is 9.47 Å². The molecular weight excluding hydrogens is 240 g/mol. The smallest absolute Gasteiger partial charge is 0.157 e. The highest BCUT2D eigenvalue weighted by atomic mass is 16.7. The first kappa shape index (κ1) is 12.8. The van der Waals surface area contributed by atoms with E-state index >= 15 is 0 Å². The molecular formula is C15H22N2O2. The van der Waals surface area contributed by atoms with Crippen molar-refractivity contribution in [2.45, 2.75) is 32.0 Å². The molecule has 4 nitrogen and oxygen atoms in total. The summed E-state index contributed by atoms with van der Waals surface area (Å²) < 4.78 is 11.4. The molecule has 2 heterocycles. The zero-order valence-corrected chi connectivity index (χ0v) is 11.3. The van der Waals surface area contributed by atoms with Gasteiger partial charge in [-0.3, -0.25) is 0 Å². The van der Waals surface area contributed by atoms with Gasteiger partial charge in [0, 0.05) is 19.7 Å². The molecule has 1 aromatic rings. The second-order valence-corrected chi connectivity index (χ2v) is 5.26. The van der Waals surface area contributed by atoms with Gasteiger partial charge in [0.1, 0.15) is 0 Å². The van der Waals surface area contributed by atoms with Crippen LogP contribution in [0.2, 0.25) is 0 Å². The van der Waals surface area contributed by atoms with E-state index in [1.165, 1.54) is 17.7 Å². The summed E-state index contributed by atoms with van der Waals surface area (Å²) in [6.07, 6.45) is 4.49. The van der Waals surface area contributed by atoms with Crippen molar-refractivity contribution >= 4 is 11.4 Å². The van der Waals surface area contributed by atoms with Gasteiger partial charge in [-0.05, 0) is 37.3 Å². The molecule has 104 valence electrons. The van der Waals surface area contributed by atoms with Crippen molar-refractivity contribution in [2.75, 3.05) is 36.9 Å². The molecule has 0 spiro atoms. The second kappa shape index (κ2) is 5.80. The molecule has 1 unspecified atom stereocenters. The van der Waals surface area contributed by atoms with E-state index in [2.05, 4.69) is 11.0 Å². The van der Waals surface area contributed by atoms with Crippen LogP contribution >= 0.6 is 0 Å². The van der Waals surface area contributed by atoms with Gasteiger partial charge in [-0.2, -0.15) is 0 Å². The fraction of sp³-hybridized carbons (Fsp3) is 0.600. The van der Waals surface area contributed by atoms with Crippen LogP contribution in [-0.4, -0.2) is 32.6 Å². The van der Waals surface area contributed by atoms with Crippen LogP contribution in [0.15, 0.2) is 18.2 Å². The molecule has 0 aliphatic carbocycles. The first-order chi connectivity index (χ1) is 9.34. The summed E-state index contributed by atoms with van der Waals surface area (Å²) in [5.74, 6) is 0. The van der Waals surface area contributed by atoms with E-state index < -0.39 is 0 Å². The van der Waals surface area contributed by atoms with Gasteiger partial charge in [0.25, 0.3) is 0 Å². The van der Waals surface area contributed by atoms with Gasteiger partial charge in [0.05, 0.1) is 18.0 Å². The maximum absolute atomic E-state index is 6.07. The Labute approximate surface area is 114 Å². The van der Waals surface area contributed by atoms with Crippen molar-refractivity contribution in [1.29, 1.82) is 0 Å². The van der Waals surface area contributed by atoms with Crippen LogP contribution in [0, 0.1) is 0 Å². The predicted octanol–water partition coefficient (Wildman–Crippen LogP) is 2.17. The number of nitrogens with zero attached hydrogens (tertiary/aromatic N) is 1. The number of anilines is 2. The van der Waals surface area contributed by atoms with Gasteiger partial charge >= 0.3 is 0 Å². The molecule has 0 amide bonds. The molecule has 1 fully saturated rings. The number of fused-ring (bicyclic) bond motifs is 1. The van der Waals surface area contributed by atoms with Gasteiger partial charge in [-0.15, -0.1) is 0 Å². The van der Waals surface area contributed by atoms with Crippen LogP contribution < -0.4 is 10.6 Å². The van der Waals surface area contributed by atoms with Crippen molar-refractivity contribution in [2.24, 2.45) is 0 Å². The molecule has 1 saturated heterocycles. The standard InChI is InChI=1S/C15H22N2O2/c16-13-5-3-4-12-7-8-17(15(12)13)9-11-19-14-6-1-2-10-18-14/h3-5,14H,1-2,6-11,16H2. The summed E-state index contributed by atoms with van der Waals surface area (Å²) in [6.45, 7) is 3.47. The summed E-state index contributed by atoms with van der Waals surface area (Å²) in [5, 5.41) is 0. The number of hydrogen-bond acceptors (Lipinski definition) is 4. The first-order valence-electron chi connectivity index (χ1n) is 7.20. The lowest BCUT2D eigenvalue weighted by Gasteiger charge is -2.25. The zero-order valence-electron chi connectivity index (χ0n) is 11.3. The second-order valence-electron chi connectivity index (χ2n) is 5.26. The van der Waals surface area contributed by atoms with Gasteiger partial charge in [0.2, 0.25) is 0 Å². The lowest BCUT2D eigenvalue weighted by molar-refractivity contribution is -0.160. The number of para-hydroxylation sites is 1. The fourth-order valence-corrected chi connectivity index (χ4v) is 2.93. The highest BCUT2D eigenvalue weighted by molar-refractivity contribution is 5.74. The number of rotatable bonds is 4. The molecule has 2 aliphatic rings. The van der Waals surface area contributed by atoms with Crippen LogP contribution in [0.5, 0.6) is 0 Å². The van der Waals surface area contributed by atoms with Gasteiger partial charge in [-0.1, -0.05) is 12.1 Å². The maximum Gasteiger partial charge on any atom is 0.157 e. The molecule has 0 aromatic heterocycles. The molecule has 19 heavy (non-hydrogen) atoms. The minimum absolute atomic E-state index is 0.00365. The summed E-state index contributed by atoms with van der Waals surface area (Å²) >= 11 is 0. The quantitative estimate of drug-likeness (QED) is 0.845. The largest absolute Gasteiger partial charge is 0.397 e. The summed E-state index contributed by atoms with van der Waals surface area (Å²) in [4.78, 5) is 2.33. The van der Waals surface area contributed by atoms with Crippen molar-refractivity contribution in [3.8, 4) is 0 Å². The van der Waals surface area contributed by atoms with Crippen molar-refractivity contribution in [3.05, 3.63) is 23.8 Å². The van der Waals surface area contributed by atoms with E-state index in [1.54, 1.807) is 0 Å². The number of hydrogen-bond donors (Lipinski definition) is 1. The molecule has 3 rings (SSSR count). The van der Waals surface area contributed by atoms with E-state index in [4.69, 9.17) is 15.2 Å². The summed E-state index contributed by atoms with van der Waals surface area (Å²) in [5.41, 5.74) is 9.51. The third kappa shape index (κ3) is 2.85. The third-order valence-electron chi connectivity index (χ3n) is 3.92. The molecule has 2 N–H and O–H groups in total. The average molecular weight is 262 g/mol. The van der Waals surface area contributed by atoms with E-state index in [-0.39, 0.29) is 6.29 Å². The molecule has 1 atom stereocenters.